The maximum absolute atomic E-state index is 13.4. The molecule has 3 heterocycles. The van der Waals surface area contributed by atoms with Crippen LogP contribution in [0.2, 0.25) is 0 Å². The van der Waals surface area contributed by atoms with Crippen LogP contribution in [0.3, 0.4) is 0 Å². The zero-order valence-electron chi connectivity index (χ0n) is 16.5. The lowest BCUT2D eigenvalue weighted by Crippen LogP contribution is -2.38. The van der Waals surface area contributed by atoms with Crippen LogP contribution in [-0.2, 0) is 9.53 Å². The van der Waals surface area contributed by atoms with Gasteiger partial charge in [-0.05, 0) is 37.5 Å². The number of hydrogen-bond acceptors (Lipinski definition) is 6. The van der Waals surface area contributed by atoms with Crippen LogP contribution in [0, 0.1) is 32.6 Å². The molecule has 1 aliphatic carbocycles. The lowest BCUT2D eigenvalue weighted by molar-refractivity contribution is -0.118. The monoisotopic (exact) mass is 406 g/mol. The van der Waals surface area contributed by atoms with Gasteiger partial charge in [0.1, 0.15) is 16.4 Å². The summed E-state index contributed by atoms with van der Waals surface area (Å²) in [5.41, 5.74) is 3.81. The number of nitrogens with zero attached hydrogens (tertiary/aromatic N) is 2. The van der Waals surface area contributed by atoms with E-state index in [0.717, 1.165) is 27.3 Å². The molecule has 6 heteroatoms. The Morgan fingerprint density at radius 1 is 1.21 bits per heavy atom. The van der Waals surface area contributed by atoms with Gasteiger partial charge in [0.25, 0.3) is 0 Å². The van der Waals surface area contributed by atoms with Crippen LogP contribution in [0.1, 0.15) is 22.3 Å². The van der Waals surface area contributed by atoms with E-state index in [-0.39, 0.29) is 29.5 Å². The highest BCUT2D eigenvalue weighted by molar-refractivity contribution is 7.99. The van der Waals surface area contributed by atoms with Crippen LogP contribution in [0.5, 0.6) is 0 Å². The molecule has 1 aromatic heterocycles. The third-order valence-corrected chi connectivity index (χ3v) is 7.28. The van der Waals surface area contributed by atoms with Crippen LogP contribution < -0.4 is 0 Å². The van der Waals surface area contributed by atoms with E-state index in [1.165, 1.54) is 11.8 Å². The van der Waals surface area contributed by atoms with E-state index in [4.69, 9.17) is 4.74 Å². The van der Waals surface area contributed by atoms with E-state index in [9.17, 15) is 9.90 Å². The zero-order valence-corrected chi connectivity index (χ0v) is 17.4. The predicted octanol–water partition coefficient (Wildman–Crippen LogP) is 3.99. The van der Waals surface area contributed by atoms with Crippen LogP contribution in [0.4, 0.5) is 0 Å². The van der Waals surface area contributed by atoms with E-state index >= 15 is 0 Å². The topological polar surface area (TPSA) is 72.3 Å². The van der Waals surface area contributed by atoms with Gasteiger partial charge in [-0.25, -0.2) is 4.98 Å². The highest BCUT2D eigenvalue weighted by Crippen LogP contribution is 2.57. The number of carbonyl (C=O) groups is 1. The molecule has 1 saturated heterocycles. The third kappa shape index (κ3) is 2.69. The van der Waals surface area contributed by atoms with Crippen molar-refractivity contribution in [2.75, 3.05) is 5.75 Å². The number of carbonyl (C=O) groups excluding carboxylic acids is 1. The predicted molar refractivity (Wildman–Crippen MR) is 112 cm³/mol. The summed E-state index contributed by atoms with van der Waals surface area (Å²) in [6.07, 6.45) is 8.71. The summed E-state index contributed by atoms with van der Waals surface area (Å²) in [5.74, 6) is 0.00263. The van der Waals surface area contributed by atoms with E-state index < -0.39 is 5.60 Å². The van der Waals surface area contributed by atoms with Gasteiger partial charge < -0.3 is 9.84 Å². The molecule has 2 aliphatic heterocycles. The molecule has 0 saturated carbocycles. The Labute approximate surface area is 173 Å². The van der Waals surface area contributed by atoms with Crippen molar-refractivity contribution in [3.8, 4) is 0 Å². The highest BCUT2D eigenvalue weighted by atomic mass is 32.2. The highest BCUT2D eigenvalue weighted by Gasteiger charge is 2.64. The average molecular weight is 407 g/mol. The summed E-state index contributed by atoms with van der Waals surface area (Å²) in [5, 5.41) is 12.1. The quantitative estimate of drug-likeness (QED) is 0.612. The molecule has 0 radical (unpaired) electrons. The molecule has 1 fully saturated rings. The number of aliphatic hydroxyl groups excluding tert-OH is 1. The van der Waals surface area contributed by atoms with Gasteiger partial charge >= 0.3 is 0 Å². The van der Waals surface area contributed by atoms with Gasteiger partial charge in [0.05, 0.1) is 29.7 Å². The first-order valence-corrected chi connectivity index (χ1v) is 10.7. The number of fused-ring (bicyclic) bond motifs is 5. The number of thioether (sulfide) groups is 1. The maximum atomic E-state index is 13.4. The molecule has 0 unspecified atom stereocenters. The summed E-state index contributed by atoms with van der Waals surface area (Å²) >= 11 is 1.53. The number of rotatable bonds is 4. The lowest BCUT2D eigenvalue weighted by atomic mass is 9.77. The van der Waals surface area contributed by atoms with E-state index in [1.54, 1.807) is 18.6 Å². The number of ketones is 1. The molecule has 5 nitrogen and oxygen atoms in total. The van der Waals surface area contributed by atoms with Crippen molar-refractivity contribution in [3.05, 3.63) is 70.9 Å². The Hall–Kier alpha value is -2.44. The second-order valence-electron chi connectivity index (χ2n) is 8.13. The van der Waals surface area contributed by atoms with Crippen molar-refractivity contribution in [1.82, 2.24) is 9.97 Å². The maximum Gasteiger partial charge on any atom is 0.173 e. The Morgan fingerprint density at radius 2 is 1.97 bits per heavy atom. The first kappa shape index (κ1) is 18.6. The van der Waals surface area contributed by atoms with Crippen molar-refractivity contribution in [2.45, 2.75) is 37.5 Å². The summed E-state index contributed by atoms with van der Waals surface area (Å²) in [7, 11) is 0. The summed E-state index contributed by atoms with van der Waals surface area (Å²) in [4.78, 5) is 21.8. The molecule has 148 valence electrons. The van der Waals surface area contributed by atoms with E-state index in [1.807, 2.05) is 32.9 Å². The van der Waals surface area contributed by atoms with Gasteiger partial charge in [-0.2, -0.15) is 0 Å². The minimum atomic E-state index is -0.703. The van der Waals surface area contributed by atoms with Gasteiger partial charge in [0.2, 0.25) is 0 Å². The number of Topliss-reactive ketones (excluding diaryl/α,β-unsaturated/α-hetero) is 1. The molecular formula is C23H22N2O3S. The second-order valence-corrected chi connectivity index (χ2v) is 9.13. The molecule has 3 aliphatic rings. The minimum absolute atomic E-state index is 0.0109. The van der Waals surface area contributed by atoms with Crippen LogP contribution >= 0.6 is 11.8 Å². The fraction of sp³-hybridized carbons (Fsp3) is 0.348. The number of hydrogen-bond donors (Lipinski definition) is 1. The van der Waals surface area contributed by atoms with E-state index in [2.05, 4.69) is 22.1 Å². The fourth-order valence-corrected chi connectivity index (χ4v) is 6.14. The zero-order chi connectivity index (χ0) is 20.3. The van der Waals surface area contributed by atoms with Crippen molar-refractivity contribution in [2.24, 2.45) is 11.8 Å². The summed E-state index contributed by atoms with van der Waals surface area (Å²) in [6.45, 7) is 6.04. The van der Waals surface area contributed by atoms with E-state index in [0.29, 0.717) is 11.3 Å². The Bertz CT molecular complexity index is 1060. The number of aliphatic hydroxyl groups is 1. The molecule has 5 rings (SSSR count). The number of ether oxygens (including phenoxy) is 1. The van der Waals surface area contributed by atoms with Crippen LogP contribution in [0.15, 0.2) is 53.7 Å². The fourth-order valence-electron chi connectivity index (χ4n) is 5.15. The molecule has 2 aromatic rings. The molecule has 1 N–H and O–H groups in total. The number of allylic oxidation sites excluding steroid dienone is 1. The molecule has 0 spiro atoms. The molecule has 1 aromatic carbocycles. The van der Waals surface area contributed by atoms with Crippen LogP contribution in [-0.4, -0.2) is 38.3 Å². The number of aryl methyl sites for hydroxylation is 3. The SMILES string of the molecule is Cc1cc(C)c(C2=C(O)[C@H]3[C@@H](C2=O)[C@@H]2C=C[C@@]3(CSc3cnccn3)O2)c(C)c1. The van der Waals surface area contributed by atoms with Gasteiger partial charge in [-0.15, -0.1) is 11.8 Å². The summed E-state index contributed by atoms with van der Waals surface area (Å²) in [6, 6.07) is 4.13. The molecule has 29 heavy (non-hydrogen) atoms. The third-order valence-electron chi connectivity index (χ3n) is 6.18. The van der Waals surface area contributed by atoms with Gasteiger partial charge in [-0.1, -0.05) is 29.8 Å². The molecule has 2 bridgehead atoms. The molecule has 0 amide bonds. The Kier molecular flexibility index (Phi) is 4.19. The smallest absolute Gasteiger partial charge is 0.173 e. The number of benzene rings is 1. The number of aromatic nitrogens is 2. The Balaban J connectivity index is 1.55. The lowest BCUT2D eigenvalue weighted by Gasteiger charge is -2.29. The second kappa shape index (κ2) is 6.54. The first-order valence-electron chi connectivity index (χ1n) is 9.73. The van der Waals surface area contributed by atoms with Crippen LogP contribution in [0.25, 0.3) is 5.57 Å². The van der Waals surface area contributed by atoms with Crippen molar-refractivity contribution >= 4 is 23.1 Å². The van der Waals surface area contributed by atoms with Gasteiger partial charge in [0, 0.05) is 18.1 Å². The first-order chi connectivity index (χ1) is 13.9. The minimum Gasteiger partial charge on any atom is -0.511 e. The van der Waals surface area contributed by atoms with Crippen molar-refractivity contribution in [1.29, 1.82) is 0 Å². The van der Waals surface area contributed by atoms with Crippen molar-refractivity contribution < 1.29 is 14.6 Å². The van der Waals surface area contributed by atoms with Gasteiger partial charge in [-0.3, -0.25) is 9.78 Å². The van der Waals surface area contributed by atoms with Gasteiger partial charge in [0.15, 0.2) is 5.78 Å². The molecule has 4 atom stereocenters. The largest absolute Gasteiger partial charge is 0.511 e. The average Bonchev–Trinajstić information content (AvgIpc) is 3.33. The Morgan fingerprint density at radius 3 is 2.66 bits per heavy atom. The molecular weight excluding hydrogens is 384 g/mol. The summed E-state index contributed by atoms with van der Waals surface area (Å²) < 4.78 is 6.26. The standard InChI is InChI=1S/C23H22N2O3S/c1-12-8-13(2)17(14(3)9-12)19-21(26)18-15-4-5-23(28-15,20(18)22(19)27)11-29-16-10-24-6-7-25-16/h4-10,15,18,20,27H,11H2,1-3H3/t15-,18-,20+,23-/m0/s1. The normalized spacial score (nSPS) is 29.8. The van der Waals surface area contributed by atoms with Crippen molar-refractivity contribution in [3.63, 3.8) is 0 Å².